The van der Waals surface area contributed by atoms with Gasteiger partial charge in [-0.05, 0) is 77.3 Å². The fourth-order valence-corrected chi connectivity index (χ4v) is 5.85. The molecule has 1 unspecified atom stereocenters. The number of nitrogens with zero attached hydrogens (tertiary/aromatic N) is 6. The Morgan fingerprint density at radius 2 is 2.06 bits per heavy atom. The van der Waals surface area contributed by atoms with Crippen LogP contribution in [0.2, 0.25) is 0 Å². The molecule has 8 nitrogen and oxygen atoms in total. The van der Waals surface area contributed by atoms with Gasteiger partial charge in [-0.3, -0.25) is 14.9 Å². The number of pyridine rings is 1. The van der Waals surface area contributed by atoms with Gasteiger partial charge in [-0.2, -0.15) is 0 Å². The zero-order valence-electron chi connectivity index (χ0n) is 22.4. The van der Waals surface area contributed by atoms with Gasteiger partial charge in [-0.1, -0.05) is 12.1 Å². The van der Waals surface area contributed by atoms with E-state index in [9.17, 15) is 4.79 Å². The van der Waals surface area contributed by atoms with E-state index in [-0.39, 0.29) is 18.2 Å². The normalized spacial score (nSPS) is 25.4. The largest absolute Gasteiger partial charge is 0.444 e. The van der Waals surface area contributed by atoms with Crippen LogP contribution in [0.1, 0.15) is 57.3 Å². The number of amides is 1. The van der Waals surface area contributed by atoms with Crippen molar-refractivity contribution < 1.29 is 9.53 Å². The van der Waals surface area contributed by atoms with Crippen LogP contribution in [0.25, 0.3) is 0 Å². The minimum Gasteiger partial charge on any atom is -0.444 e. The third-order valence-corrected chi connectivity index (χ3v) is 7.66. The highest BCUT2D eigenvalue weighted by atomic mass is 16.6. The molecule has 1 fully saturated rings. The van der Waals surface area contributed by atoms with Crippen LogP contribution in [-0.2, 0) is 11.2 Å². The molecule has 1 aromatic heterocycles. The molecule has 0 N–H and O–H groups in total. The first-order valence-corrected chi connectivity index (χ1v) is 13.3. The van der Waals surface area contributed by atoms with E-state index >= 15 is 0 Å². The van der Waals surface area contributed by atoms with Crippen molar-refractivity contribution in [3.63, 3.8) is 0 Å². The summed E-state index contributed by atoms with van der Waals surface area (Å²) in [7, 11) is 4.07. The molecule has 4 aliphatic rings. The molecule has 36 heavy (non-hydrogen) atoms. The maximum Gasteiger partial charge on any atom is 0.410 e. The fraction of sp³-hybridized carbons (Fsp3) is 0.607. The van der Waals surface area contributed by atoms with Crippen LogP contribution in [0, 0.1) is 0 Å². The lowest BCUT2D eigenvalue weighted by atomic mass is 9.91. The molecule has 0 bridgehead atoms. The molecular formula is C28H40N6O2. The number of carbonyl (C=O) groups is 1. The van der Waals surface area contributed by atoms with Crippen LogP contribution in [0.4, 0.5) is 4.79 Å². The number of aryl methyl sites for hydroxylation is 1. The standard InChI is InChI=1S/C28H40N6O2/c1-28(2,3)36-27(35)32(5)22-14-16-33(19-22)25-13-7-12-24-30-21(18-34(24)25)17-31(4)23-11-6-9-20-10-8-15-29-26(20)23/h7-8,10,12-13,15,21-23H,6,9,11,14,16-19H2,1-5H3/t21?,22-,23+/m1/s1. The summed E-state index contributed by atoms with van der Waals surface area (Å²) >= 11 is 0. The van der Waals surface area contributed by atoms with Crippen molar-refractivity contribution in [1.29, 1.82) is 0 Å². The maximum absolute atomic E-state index is 12.6. The van der Waals surface area contributed by atoms with Crippen LogP contribution in [-0.4, -0.2) is 94.5 Å². The second-order valence-corrected chi connectivity index (χ2v) is 11.5. The average molecular weight is 493 g/mol. The first-order valence-electron chi connectivity index (χ1n) is 13.3. The van der Waals surface area contributed by atoms with Gasteiger partial charge in [0.15, 0.2) is 0 Å². The number of carbonyl (C=O) groups excluding carboxylic acids is 1. The number of aromatic nitrogens is 1. The number of hydrogen-bond acceptors (Lipinski definition) is 7. The molecule has 1 amide bonds. The molecule has 1 aromatic rings. The molecule has 4 heterocycles. The van der Waals surface area contributed by atoms with Crippen molar-refractivity contribution in [2.24, 2.45) is 4.99 Å². The predicted octanol–water partition coefficient (Wildman–Crippen LogP) is 3.83. The highest BCUT2D eigenvalue weighted by molar-refractivity contribution is 5.97. The Morgan fingerprint density at radius 3 is 2.86 bits per heavy atom. The van der Waals surface area contributed by atoms with E-state index in [2.05, 4.69) is 52.1 Å². The Bertz CT molecular complexity index is 1070. The molecule has 5 rings (SSSR count). The highest BCUT2D eigenvalue weighted by Crippen LogP contribution is 2.33. The maximum atomic E-state index is 12.6. The highest BCUT2D eigenvalue weighted by Gasteiger charge is 2.37. The zero-order chi connectivity index (χ0) is 25.4. The summed E-state index contributed by atoms with van der Waals surface area (Å²) in [6, 6.07) is 4.99. The number of allylic oxidation sites excluding steroid dienone is 2. The summed E-state index contributed by atoms with van der Waals surface area (Å²) < 4.78 is 5.59. The summed E-state index contributed by atoms with van der Waals surface area (Å²) in [5.41, 5.74) is 2.15. The third-order valence-electron chi connectivity index (χ3n) is 7.66. The van der Waals surface area contributed by atoms with Gasteiger partial charge in [0, 0.05) is 39.4 Å². The van der Waals surface area contributed by atoms with Crippen molar-refractivity contribution in [3.8, 4) is 0 Å². The second-order valence-electron chi connectivity index (χ2n) is 11.5. The zero-order valence-corrected chi connectivity index (χ0v) is 22.4. The molecule has 3 atom stereocenters. The molecule has 1 aliphatic carbocycles. The number of amidine groups is 1. The number of ether oxygens (including phenoxy) is 1. The van der Waals surface area contributed by atoms with Crippen LogP contribution >= 0.6 is 0 Å². The Balaban J connectivity index is 1.20. The average Bonchev–Trinajstić information content (AvgIpc) is 3.49. The van der Waals surface area contributed by atoms with Gasteiger partial charge in [-0.15, -0.1) is 0 Å². The van der Waals surface area contributed by atoms with Crippen molar-refractivity contribution in [2.45, 2.75) is 70.2 Å². The molecule has 0 spiro atoms. The van der Waals surface area contributed by atoms with Crippen LogP contribution in [0.3, 0.4) is 0 Å². The Morgan fingerprint density at radius 1 is 1.22 bits per heavy atom. The van der Waals surface area contributed by atoms with Gasteiger partial charge in [0.1, 0.15) is 17.3 Å². The summed E-state index contributed by atoms with van der Waals surface area (Å²) in [6.07, 6.45) is 12.5. The smallest absolute Gasteiger partial charge is 0.410 e. The lowest BCUT2D eigenvalue weighted by Gasteiger charge is -2.35. The number of rotatable bonds is 5. The molecule has 8 heteroatoms. The Kier molecular flexibility index (Phi) is 6.81. The summed E-state index contributed by atoms with van der Waals surface area (Å²) in [5, 5.41) is 0. The summed E-state index contributed by atoms with van der Waals surface area (Å²) in [6.45, 7) is 9.22. The summed E-state index contributed by atoms with van der Waals surface area (Å²) in [4.78, 5) is 31.4. The first-order chi connectivity index (χ1) is 17.2. The SMILES string of the molecule is CN(CC1CN2C(N3CC[C@@H](N(C)C(=O)OC(C)(C)C)C3)=CC=CC2=N1)[C@H]1CCCc2cccnc21. The van der Waals surface area contributed by atoms with Crippen molar-refractivity contribution >= 4 is 11.9 Å². The first kappa shape index (κ1) is 24.8. The van der Waals surface area contributed by atoms with E-state index in [1.165, 1.54) is 23.5 Å². The predicted molar refractivity (Wildman–Crippen MR) is 142 cm³/mol. The second kappa shape index (κ2) is 9.88. The molecule has 194 valence electrons. The van der Waals surface area contributed by atoms with E-state index in [0.29, 0.717) is 6.04 Å². The van der Waals surface area contributed by atoms with Crippen molar-refractivity contribution in [2.75, 3.05) is 40.3 Å². The Labute approximate surface area is 215 Å². The minimum absolute atomic E-state index is 0.135. The Hall–Kier alpha value is -2.87. The number of aliphatic imine (C=N–C) groups is 1. The number of fused-ring (bicyclic) bond motifs is 2. The lowest BCUT2D eigenvalue weighted by Crippen LogP contribution is -2.44. The number of likely N-dealkylation sites (N-methyl/N-ethyl adjacent to an activating group) is 2. The van der Waals surface area contributed by atoms with Gasteiger partial charge >= 0.3 is 6.09 Å². The third kappa shape index (κ3) is 5.14. The van der Waals surface area contributed by atoms with Gasteiger partial charge < -0.3 is 19.4 Å². The van der Waals surface area contributed by atoms with E-state index in [0.717, 1.165) is 51.3 Å². The van der Waals surface area contributed by atoms with E-state index in [1.54, 1.807) is 4.90 Å². The summed E-state index contributed by atoms with van der Waals surface area (Å²) in [5.74, 6) is 2.23. The van der Waals surface area contributed by atoms with Gasteiger partial charge in [-0.25, -0.2) is 4.79 Å². The van der Waals surface area contributed by atoms with Gasteiger partial charge in [0.2, 0.25) is 0 Å². The fourth-order valence-electron chi connectivity index (χ4n) is 5.85. The van der Waals surface area contributed by atoms with Crippen LogP contribution in [0.5, 0.6) is 0 Å². The molecule has 0 radical (unpaired) electrons. The molecule has 3 aliphatic heterocycles. The quantitative estimate of drug-likeness (QED) is 0.623. The van der Waals surface area contributed by atoms with Gasteiger partial charge in [0.25, 0.3) is 0 Å². The molecule has 0 saturated carbocycles. The number of likely N-dealkylation sites (tertiary alicyclic amines) is 1. The van der Waals surface area contributed by atoms with Crippen LogP contribution in [0.15, 0.2) is 47.4 Å². The van der Waals surface area contributed by atoms with Gasteiger partial charge in [0.05, 0.1) is 23.8 Å². The minimum atomic E-state index is -0.487. The van der Waals surface area contributed by atoms with E-state index < -0.39 is 5.60 Å². The molecule has 0 aromatic carbocycles. The lowest BCUT2D eigenvalue weighted by molar-refractivity contribution is 0.0229. The molecule has 1 saturated heterocycles. The van der Waals surface area contributed by atoms with E-state index in [4.69, 9.17) is 14.7 Å². The van der Waals surface area contributed by atoms with Crippen molar-refractivity contribution in [1.82, 2.24) is 24.6 Å². The monoisotopic (exact) mass is 492 g/mol. The van der Waals surface area contributed by atoms with Crippen molar-refractivity contribution in [3.05, 3.63) is 53.6 Å². The topological polar surface area (TPSA) is 64.5 Å². The molecular weight excluding hydrogens is 452 g/mol. The van der Waals surface area contributed by atoms with Crippen LogP contribution < -0.4 is 0 Å². The van der Waals surface area contributed by atoms with E-state index in [1.807, 2.05) is 34.0 Å². The number of hydrogen-bond donors (Lipinski definition) is 0.